The van der Waals surface area contributed by atoms with Gasteiger partial charge in [-0.1, -0.05) is 61.7 Å². The lowest BCUT2D eigenvalue weighted by molar-refractivity contribution is -0.140. The van der Waals surface area contributed by atoms with Crippen molar-refractivity contribution in [2.75, 3.05) is 24.2 Å². The Kier molecular flexibility index (Phi) is 9.37. The maximum atomic E-state index is 13.8. The Hall–Kier alpha value is -3.07. The quantitative estimate of drug-likeness (QED) is 0.493. The van der Waals surface area contributed by atoms with E-state index < -0.39 is 28.5 Å². The number of sulfonamides is 1. The molecule has 196 valence electrons. The van der Waals surface area contributed by atoms with Gasteiger partial charge in [-0.25, -0.2) is 8.42 Å². The molecule has 2 amide bonds. The van der Waals surface area contributed by atoms with Crippen molar-refractivity contribution in [2.45, 2.75) is 64.6 Å². The first kappa shape index (κ1) is 27.5. The topological polar surface area (TPSA) is 96.0 Å². The van der Waals surface area contributed by atoms with Crippen LogP contribution in [-0.2, 0) is 26.2 Å². The van der Waals surface area contributed by atoms with Gasteiger partial charge in [-0.05, 0) is 43.9 Å². The number of ether oxygens (including phenoxy) is 1. The molecule has 1 unspecified atom stereocenters. The number of amides is 2. The number of carbonyl (C=O) groups excluding carboxylic acids is 2. The molecule has 1 atom stereocenters. The second-order valence-electron chi connectivity index (χ2n) is 9.36. The predicted octanol–water partition coefficient (Wildman–Crippen LogP) is 3.64. The fourth-order valence-electron chi connectivity index (χ4n) is 4.61. The summed E-state index contributed by atoms with van der Waals surface area (Å²) in [6, 6.07) is 13.8. The number of rotatable bonds is 11. The highest BCUT2D eigenvalue weighted by Gasteiger charge is 2.33. The molecule has 36 heavy (non-hydrogen) atoms. The van der Waals surface area contributed by atoms with Gasteiger partial charge in [0, 0.05) is 12.6 Å². The Morgan fingerprint density at radius 2 is 1.72 bits per heavy atom. The average molecular weight is 516 g/mol. The van der Waals surface area contributed by atoms with Gasteiger partial charge >= 0.3 is 0 Å². The van der Waals surface area contributed by atoms with Crippen molar-refractivity contribution in [3.8, 4) is 5.75 Å². The monoisotopic (exact) mass is 515 g/mol. The minimum Gasteiger partial charge on any atom is -0.495 e. The van der Waals surface area contributed by atoms with Gasteiger partial charge in [-0.3, -0.25) is 13.9 Å². The van der Waals surface area contributed by atoms with Crippen LogP contribution in [0.3, 0.4) is 0 Å². The van der Waals surface area contributed by atoms with Crippen LogP contribution in [-0.4, -0.2) is 57.1 Å². The molecule has 0 spiro atoms. The van der Waals surface area contributed by atoms with Crippen LogP contribution >= 0.6 is 0 Å². The van der Waals surface area contributed by atoms with E-state index in [4.69, 9.17) is 4.74 Å². The number of carbonyl (C=O) groups is 2. The molecule has 0 radical (unpaired) electrons. The first-order valence-corrected chi connectivity index (χ1v) is 14.2. The van der Waals surface area contributed by atoms with Crippen molar-refractivity contribution in [1.29, 1.82) is 0 Å². The van der Waals surface area contributed by atoms with Crippen molar-refractivity contribution in [2.24, 2.45) is 0 Å². The van der Waals surface area contributed by atoms with Crippen molar-refractivity contribution < 1.29 is 22.7 Å². The average Bonchev–Trinajstić information content (AvgIpc) is 3.35. The molecule has 1 aliphatic rings. The zero-order valence-corrected chi connectivity index (χ0v) is 22.4. The van der Waals surface area contributed by atoms with Crippen LogP contribution in [0.2, 0.25) is 0 Å². The minimum absolute atomic E-state index is 0.115. The predicted molar refractivity (Wildman–Crippen MR) is 141 cm³/mol. The first-order chi connectivity index (χ1) is 17.1. The summed E-state index contributed by atoms with van der Waals surface area (Å²) in [4.78, 5) is 28.6. The summed E-state index contributed by atoms with van der Waals surface area (Å²) < 4.78 is 32.0. The van der Waals surface area contributed by atoms with E-state index in [1.807, 2.05) is 38.1 Å². The lowest BCUT2D eigenvalue weighted by Gasteiger charge is -2.33. The largest absolute Gasteiger partial charge is 0.495 e. The van der Waals surface area contributed by atoms with E-state index in [0.717, 1.165) is 47.4 Å². The summed E-state index contributed by atoms with van der Waals surface area (Å²) in [6.45, 7) is 3.59. The number of nitrogens with one attached hydrogen (secondary N) is 1. The van der Waals surface area contributed by atoms with Gasteiger partial charge in [0.15, 0.2) is 0 Å². The second kappa shape index (κ2) is 12.3. The van der Waals surface area contributed by atoms with E-state index >= 15 is 0 Å². The van der Waals surface area contributed by atoms with Gasteiger partial charge in [0.05, 0.1) is 19.1 Å². The van der Waals surface area contributed by atoms with Crippen molar-refractivity contribution in [3.05, 3.63) is 59.7 Å². The van der Waals surface area contributed by atoms with Crippen LogP contribution < -0.4 is 14.4 Å². The van der Waals surface area contributed by atoms with Crippen LogP contribution in [0.15, 0.2) is 48.5 Å². The Bertz CT molecular complexity index is 1140. The number of hydrogen-bond acceptors (Lipinski definition) is 5. The van der Waals surface area contributed by atoms with Crippen molar-refractivity contribution in [3.63, 3.8) is 0 Å². The van der Waals surface area contributed by atoms with E-state index in [0.29, 0.717) is 12.2 Å². The molecule has 0 aromatic heterocycles. The number of nitrogens with zero attached hydrogens (tertiary/aromatic N) is 2. The lowest BCUT2D eigenvalue weighted by Crippen LogP contribution is -2.53. The zero-order chi connectivity index (χ0) is 26.3. The standard InChI is InChI=1S/C27H37N3O5S/c1-5-23(27(32)28-22-10-6-7-11-22)29(18-21-16-14-20(2)15-17-21)26(31)19-30(36(4,33)34)24-12-8-9-13-25(24)35-3/h8-9,12-17,22-23H,5-7,10-11,18-19H2,1-4H3,(H,28,32). The molecular formula is C27H37N3O5S. The second-order valence-corrected chi connectivity index (χ2v) is 11.3. The normalized spacial score (nSPS) is 14.8. The fraction of sp³-hybridized carbons (Fsp3) is 0.481. The zero-order valence-electron chi connectivity index (χ0n) is 21.6. The molecule has 0 aliphatic heterocycles. The van der Waals surface area contributed by atoms with E-state index in [1.54, 1.807) is 24.3 Å². The van der Waals surface area contributed by atoms with Gasteiger partial charge in [0.1, 0.15) is 18.3 Å². The molecule has 0 bridgehead atoms. The third-order valence-corrected chi connectivity index (χ3v) is 7.72. The van der Waals surface area contributed by atoms with Crippen molar-refractivity contribution >= 4 is 27.5 Å². The number of hydrogen-bond donors (Lipinski definition) is 1. The summed E-state index contributed by atoms with van der Waals surface area (Å²) in [5, 5.41) is 3.11. The molecule has 1 N–H and O–H groups in total. The Labute approximate surface area is 214 Å². The van der Waals surface area contributed by atoms with Crippen LogP contribution in [0.1, 0.15) is 50.2 Å². The SMILES string of the molecule is CCC(C(=O)NC1CCCC1)N(Cc1ccc(C)cc1)C(=O)CN(c1ccccc1OC)S(C)(=O)=O. The third kappa shape index (κ3) is 7.00. The summed E-state index contributed by atoms with van der Waals surface area (Å²) in [5.74, 6) is -0.319. The molecule has 9 heteroatoms. The molecule has 1 aliphatic carbocycles. The minimum atomic E-state index is -3.82. The molecule has 8 nitrogen and oxygen atoms in total. The van der Waals surface area contributed by atoms with Gasteiger partial charge in [0.25, 0.3) is 0 Å². The first-order valence-electron chi connectivity index (χ1n) is 12.4. The molecule has 1 fully saturated rings. The van der Waals surface area contributed by atoms with Gasteiger partial charge < -0.3 is 15.0 Å². The number of methoxy groups -OCH3 is 1. The van der Waals surface area contributed by atoms with Crippen molar-refractivity contribution in [1.82, 2.24) is 10.2 Å². The smallest absolute Gasteiger partial charge is 0.244 e. The summed E-state index contributed by atoms with van der Waals surface area (Å²) in [7, 11) is -2.37. The molecule has 0 saturated heterocycles. The van der Waals surface area contributed by atoms with Crippen LogP contribution in [0, 0.1) is 6.92 Å². The maximum Gasteiger partial charge on any atom is 0.244 e. The van der Waals surface area contributed by atoms with E-state index in [-0.39, 0.29) is 24.2 Å². The van der Waals surface area contributed by atoms with Crippen LogP contribution in [0.25, 0.3) is 0 Å². The summed E-state index contributed by atoms with van der Waals surface area (Å²) >= 11 is 0. The third-order valence-electron chi connectivity index (χ3n) is 6.59. The van der Waals surface area contributed by atoms with Gasteiger partial charge in [-0.2, -0.15) is 0 Å². The molecule has 3 rings (SSSR count). The number of benzene rings is 2. The highest BCUT2D eigenvalue weighted by atomic mass is 32.2. The van der Waals surface area contributed by atoms with Crippen LogP contribution in [0.4, 0.5) is 5.69 Å². The van der Waals surface area contributed by atoms with Crippen LogP contribution in [0.5, 0.6) is 5.75 Å². The highest BCUT2D eigenvalue weighted by molar-refractivity contribution is 7.92. The fourth-order valence-corrected chi connectivity index (χ4v) is 5.46. The van der Waals surface area contributed by atoms with E-state index in [9.17, 15) is 18.0 Å². The Morgan fingerprint density at radius 3 is 2.31 bits per heavy atom. The van der Waals surface area contributed by atoms with E-state index in [1.165, 1.54) is 12.0 Å². The number of anilines is 1. The molecule has 0 heterocycles. The maximum absolute atomic E-state index is 13.8. The number of para-hydroxylation sites is 2. The van der Waals surface area contributed by atoms with E-state index in [2.05, 4.69) is 5.32 Å². The molecular weight excluding hydrogens is 478 g/mol. The van der Waals surface area contributed by atoms with Gasteiger partial charge in [-0.15, -0.1) is 0 Å². The summed E-state index contributed by atoms with van der Waals surface area (Å²) in [5.41, 5.74) is 2.22. The molecule has 1 saturated carbocycles. The Morgan fingerprint density at radius 1 is 1.08 bits per heavy atom. The molecule has 2 aromatic carbocycles. The Balaban J connectivity index is 1.94. The summed E-state index contributed by atoms with van der Waals surface area (Å²) in [6.07, 6.45) is 5.49. The molecule has 2 aromatic rings. The lowest BCUT2D eigenvalue weighted by atomic mass is 10.1. The highest BCUT2D eigenvalue weighted by Crippen LogP contribution is 2.30. The number of aryl methyl sites for hydroxylation is 1. The van der Waals surface area contributed by atoms with Gasteiger partial charge in [0.2, 0.25) is 21.8 Å².